The molecule has 0 saturated heterocycles. The molecule has 1 aromatic rings. The number of benzene rings is 1. The van der Waals surface area contributed by atoms with E-state index in [1.165, 1.54) is 18.2 Å². The summed E-state index contributed by atoms with van der Waals surface area (Å²) in [7, 11) is 0. The number of anilines is 1. The molecule has 0 aromatic heterocycles. The third-order valence-corrected chi connectivity index (χ3v) is 1.90. The maximum Gasteiger partial charge on any atom is 0.397 e. The standard InChI is InChI=1S/C10H10ClNO4/c1-2-16-10(15)9(14)12-7-4-3-6(11)5-8(7)13/h3-5,13H,2H2,1H3,(H,12,14). The smallest absolute Gasteiger partial charge is 0.397 e. The molecule has 0 atom stereocenters. The van der Waals surface area contributed by atoms with Gasteiger partial charge in [0, 0.05) is 11.1 Å². The van der Waals surface area contributed by atoms with E-state index in [0.717, 1.165) is 0 Å². The number of halogens is 1. The van der Waals surface area contributed by atoms with E-state index in [1.54, 1.807) is 6.92 Å². The number of hydrogen-bond acceptors (Lipinski definition) is 4. The number of phenols is 1. The SMILES string of the molecule is CCOC(=O)C(=O)Nc1ccc(Cl)cc1O. The van der Waals surface area contributed by atoms with Gasteiger partial charge in [0.1, 0.15) is 5.75 Å². The highest BCUT2D eigenvalue weighted by atomic mass is 35.5. The Hall–Kier alpha value is -1.75. The lowest BCUT2D eigenvalue weighted by Crippen LogP contribution is -2.24. The molecule has 1 rings (SSSR count). The van der Waals surface area contributed by atoms with Gasteiger partial charge in [-0.15, -0.1) is 0 Å². The Morgan fingerprint density at radius 2 is 2.19 bits per heavy atom. The van der Waals surface area contributed by atoms with Gasteiger partial charge in [-0.1, -0.05) is 11.6 Å². The first-order chi connectivity index (χ1) is 7.54. The highest BCUT2D eigenvalue weighted by Crippen LogP contribution is 2.26. The van der Waals surface area contributed by atoms with Crippen LogP contribution in [0.2, 0.25) is 5.02 Å². The van der Waals surface area contributed by atoms with Crippen molar-refractivity contribution in [2.24, 2.45) is 0 Å². The minimum Gasteiger partial charge on any atom is -0.506 e. The predicted molar refractivity (Wildman–Crippen MR) is 58.4 cm³/mol. The molecular formula is C10H10ClNO4. The Morgan fingerprint density at radius 3 is 2.75 bits per heavy atom. The van der Waals surface area contributed by atoms with E-state index in [9.17, 15) is 14.7 Å². The van der Waals surface area contributed by atoms with Crippen LogP contribution in [0, 0.1) is 0 Å². The molecule has 0 radical (unpaired) electrons. The fourth-order valence-electron chi connectivity index (χ4n) is 0.980. The average molecular weight is 244 g/mol. The topological polar surface area (TPSA) is 75.6 Å². The van der Waals surface area contributed by atoms with Gasteiger partial charge in [0.05, 0.1) is 12.3 Å². The Balaban J connectivity index is 2.73. The lowest BCUT2D eigenvalue weighted by Gasteiger charge is -2.06. The van der Waals surface area contributed by atoms with Gasteiger partial charge in [0.25, 0.3) is 0 Å². The maximum absolute atomic E-state index is 11.2. The normalized spacial score (nSPS) is 9.62. The molecule has 0 aliphatic carbocycles. The minimum atomic E-state index is -1.00. The molecule has 0 spiro atoms. The quantitative estimate of drug-likeness (QED) is 0.469. The molecule has 0 heterocycles. The number of rotatable bonds is 2. The summed E-state index contributed by atoms with van der Waals surface area (Å²) in [6.45, 7) is 1.70. The van der Waals surface area contributed by atoms with Crippen LogP contribution in [-0.4, -0.2) is 23.6 Å². The summed E-state index contributed by atoms with van der Waals surface area (Å²) in [5, 5.41) is 11.9. The van der Waals surface area contributed by atoms with Gasteiger partial charge in [-0.2, -0.15) is 0 Å². The molecule has 0 aliphatic heterocycles. The largest absolute Gasteiger partial charge is 0.506 e. The first-order valence-electron chi connectivity index (χ1n) is 4.51. The number of carbonyl (C=O) groups excluding carboxylic acids is 2. The van der Waals surface area contributed by atoms with Gasteiger partial charge < -0.3 is 15.2 Å². The van der Waals surface area contributed by atoms with Crippen LogP contribution in [0.25, 0.3) is 0 Å². The van der Waals surface area contributed by atoms with Gasteiger partial charge in [-0.25, -0.2) is 4.79 Å². The van der Waals surface area contributed by atoms with E-state index in [2.05, 4.69) is 10.1 Å². The molecule has 0 fully saturated rings. The van der Waals surface area contributed by atoms with Crippen LogP contribution in [0.15, 0.2) is 18.2 Å². The highest BCUT2D eigenvalue weighted by Gasteiger charge is 2.16. The van der Waals surface area contributed by atoms with Crippen LogP contribution in [0.1, 0.15) is 6.92 Å². The molecule has 1 aromatic carbocycles. The monoisotopic (exact) mass is 243 g/mol. The van der Waals surface area contributed by atoms with Crippen LogP contribution >= 0.6 is 11.6 Å². The van der Waals surface area contributed by atoms with Gasteiger partial charge in [0.15, 0.2) is 0 Å². The van der Waals surface area contributed by atoms with Gasteiger partial charge in [-0.3, -0.25) is 4.79 Å². The van der Waals surface area contributed by atoms with Crippen molar-refractivity contribution in [3.05, 3.63) is 23.2 Å². The molecule has 6 heteroatoms. The Bertz CT molecular complexity index is 419. The highest BCUT2D eigenvalue weighted by molar-refractivity contribution is 6.37. The fourth-order valence-corrected chi connectivity index (χ4v) is 1.15. The van der Waals surface area contributed by atoms with Gasteiger partial charge >= 0.3 is 11.9 Å². The first kappa shape index (κ1) is 12.3. The summed E-state index contributed by atoms with van der Waals surface area (Å²) in [6, 6.07) is 4.11. The third kappa shape index (κ3) is 3.13. The number of hydrogen-bond donors (Lipinski definition) is 2. The zero-order valence-corrected chi connectivity index (χ0v) is 9.25. The van der Waals surface area contributed by atoms with Gasteiger partial charge in [-0.05, 0) is 19.1 Å². The molecule has 16 heavy (non-hydrogen) atoms. The number of esters is 1. The molecule has 0 bridgehead atoms. The van der Waals surface area contributed by atoms with Crippen molar-refractivity contribution in [2.45, 2.75) is 6.92 Å². The Labute approximate surface area is 97.0 Å². The number of carbonyl (C=O) groups is 2. The second-order valence-electron chi connectivity index (χ2n) is 2.84. The third-order valence-electron chi connectivity index (χ3n) is 1.67. The molecular weight excluding hydrogens is 234 g/mol. The number of amides is 1. The summed E-state index contributed by atoms with van der Waals surface area (Å²) in [4.78, 5) is 22.2. The predicted octanol–water partition coefficient (Wildman–Crippen LogP) is 1.55. The number of ether oxygens (including phenoxy) is 1. The summed E-state index contributed by atoms with van der Waals surface area (Å²) < 4.78 is 4.48. The van der Waals surface area contributed by atoms with E-state index < -0.39 is 11.9 Å². The van der Waals surface area contributed by atoms with Crippen molar-refractivity contribution in [3.63, 3.8) is 0 Å². The van der Waals surface area contributed by atoms with E-state index in [0.29, 0.717) is 5.02 Å². The zero-order valence-electron chi connectivity index (χ0n) is 8.49. The van der Waals surface area contributed by atoms with E-state index in [4.69, 9.17) is 11.6 Å². The fraction of sp³-hybridized carbons (Fsp3) is 0.200. The minimum absolute atomic E-state index is 0.0995. The van der Waals surface area contributed by atoms with Crippen molar-refractivity contribution in [1.29, 1.82) is 0 Å². The summed E-state index contributed by atoms with van der Waals surface area (Å²) >= 11 is 5.60. The van der Waals surface area contributed by atoms with Gasteiger partial charge in [0.2, 0.25) is 0 Å². The van der Waals surface area contributed by atoms with Crippen molar-refractivity contribution in [3.8, 4) is 5.75 Å². The van der Waals surface area contributed by atoms with Crippen LogP contribution in [-0.2, 0) is 14.3 Å². The van der Waals surface area contributed by atoms with Crippen molar-refractivity contribution in [2.75, 3.05) is 11.9 Å². The molecule has 86 valence electrons. The Morgan fingerprint density at radius 1 is 1.50 bits per heavy atom. The molecule has 2 N–H and O–H groups in total. The molecule has 0 unspecified atom stereocenters. The van der Waals surface area contributed by atoms with Crippen LogP contribution in [0.4, 0.5) is 5.69 Å². The number of nitrogens with one attached hydrogen (secondary N) is 1. The van der Waals surface area contributed by atoms with Crippen LogP contribution in [0.5, 0.6) is 5.75 Å². The van der Waals surface area contributed by atoms with E-state index in [-0.39, 0.29) is 18.0 Å². The molecule has 0 aliphatic rings. The number of aromatic hydroxyl groups is 1. The van der Waals surface area contributed by atoms with Crippen molar-refractivity contribution in [1.82, 2.24) is 0 Å². The lowest BCUT2D eigenvalue weighted by molar-refractivity contribution is -0.152. The summed E-state index contributed by atoms with van der Waals surface area (Å²) in [5.41, 5.74) is 0.0995. The molecule has 1 amide bonds. The lowest BCUT2D eigenvalue weighted by atomic mass is 10.3. The first-order valence-corrected chi connectivity index (χ1v) is 4.89. The Kier molecular flexibility index (Phi) is 4.13. The molecule has 0 saturated carbocycles. The van der Waals surface area contributed by atoms with E-state index in [1.807, 2.05) is 0 Å². The average Bonchev–Trinajstić information content (AvgIpc) is 2.22. The van der Waals surface area contributed by atoms with E-state index >= 15 is 0 Å². The van der Waals surface area contributed by atoms with Crippen molar-refractivity contribution < 1.29 is 19.4 Å². The second-order valence-corrected chi connectivity index (χ2v) is 3.27. The second kappa shape index (κ2) is 5.37. The zero-order chi connectivity index (χ0) is 12.1. The van der Waals surface area contributed by atoms with Crippen molar-refractivity contribution >= 4 is 29.2 Å². The molecule has 5 nitrogen and oxygen atoms in total. The summed E-state index contributed by atoms with van der Waals surface area (Å²) in [5.74, 6) is -2.17. The summed E-state index contributed by atoms with van der Waals surface area (Å²) in [6.07, 6.45) is 0. The maximum atomic E-state index is 11.2. The van der Waals surface area contributed by atoms with Crippen LogP contribution < -0.4 is 5.32 Å². The van der Waals surface area contributed by atoms with Crippen LogP contribution in [0.3, 0.4) is 0 Å². The number of phenolic OH excluding ortho intramolecular Hbond substituents is 1.